The number of rotatable bonds is 61. The lowest BCUT2D eigenvalue weighted by molar-refractivity contribution is -0.159. The number of ether oxygens (including phenoxy) is 10. The summed E-state index contributed by atoms with van der Waals surface area (Å²) in [5.41, 5.74) is -1.54. The number of hydrogen-bond acceptors (Lipinski definition) is 20. The van der Waals surface area contributed by atoms with E-state index >= 15 is 0 Å². The molecular formula is C62H112N6O22. The SMILES string of the molecule is CC(C)(C)OC(=O)[C@H](CCC(=O)NCCOCCOCC(=O)NCCOCCOCC(=O)O)NC(=O)CCCCCCCCCCCCCCCCCCC(=O)N[C@@H](CCC(=O)NCCOCCOCC(=O)NCCOCCOCC(=O)O)C(=O)OC(C)(C)C. The summed E-state index contributed by atoms with van der Waals surface area (Å²) in [5, 5.41) is 33.3. The molecule has 0 saturated heterocycles. The molecule has 0 aromatic carbocycles. The third kappa shape index (κ3) is 60.0. The van der Waals surface area contributed by atoms with Crippen LogP contribution >= 0.6 is 0 Å². The van der Waals surface area contributed by atoms with Crippen LogP contribution in [0.25, 0.3) is 0 Å². The summed E-state index contributed by atoms with van der Waals surface area (Å²) >= 11 is 0. The zero-order valence-electron chi connectivity index (χ0n) is 54.9. The van der Waals surface area contributed by atoms with Crippen LogP contribution in [-0.4, -0.2) is 225 Å². The highest BCUT2D eigenvalue weighted by Crippen LogP contribution is 2.17. The number of carbonyl (C=O) groups is 10. The maximum absolute atomic E-state index is 13.0. The summed E-state index contributed by atoms with van der Waals surface area (Å²) in [6.45, 7) is 12.5. The fourth-order valence-electron chi connectivity index (χ4n) is 8.23. The van der Waals surface area contributed by atoms with Gasteiger partial charge in [0.15, 0.2) is 0 Å². The molecule has 28 heteroatoms. The van der Waals surface area contributed by atoms with Crippen molar-refractivity contribution in [2.24, 2.45) is 0 Å². The third-order valence-electron chi connectivity index (χ3n) is 12.6. The van der Waals surface area contributed by atoms with Gasteiger partial charge in [-0.15, -0.1) is 0 Å². The van der Waals surface area contributed by atoms with Gasteiger partial charge < -0.3 is 89.5 Å². The van der Waals surface area contributed by atoms with Gasteiger partial charge in [0, 0.05) is 51.9 Å². The predicted molar refractivity (Wildman–Crippen MR) is 331 cm³/mol. The summed E-state index contributed by atoms with van der Waals surface area (Å²) in [5.74, 6) is -5.11. The highest BCUT2D eigenvalue weighted by molar-refractivity contribution is 5.86. The summed E-state index contributed by atoms with van der Waals surface area (Å²) < 4.78 is 52.7. The smallest absolute Gasteiger partial charge is 0.329 e. The molecule has 0 aliphatic rings. The van der Waals surface area contributed by atoms with Crippen molar-refractivity contribution in [2.75, 3.05) is 132 Å². The Morgan fingerprint density at radius 1 is 0.300 bits per heavy atom. The minimum atomic E-state index is -1.06. The molecule has 0 heterocycles. The first-order chi connectivity index (χ1) is 43.0. The van der Waals surface area contributed by atoms with Gasteiger partial charge in [-0.05, 0) is 67.2 Å². The van der Waals surface area contributed by atoms with Gasteiger partial charge >= 0.3 is 23.9 Å². The van der Waals surface area contributed by atoms with E-state index in [1.54, 1.807) is 41.5 Å². The van der Waals surface area contributed by atoms with Crippen LogP contribution in [-0.2, 0) is 95.3 Å². The van der Waals surface area contributed by atoms with Crippen molar-refractivity contribution in [3.05, 3.63) is 0 Å². The van der Waals surface area contributed by atoms with Crippen molar-refractivity contribution >= 4 is 59.3 Å². The Kier molecular flexibility index (Phi) is 52.7. The highest BCUT2D eigenvalue weighted by Gasteiger charge is 2.29. The topological polar surface area (TPSA) is 376 Å². The molecule has 6 amide bonds. The van der Waals surface area contributed by atoms with Gasteiger partial charge in [-0.2, -0.15) is 0 Å². The van der Waals surface area contributed by atoms with E-state index < -0.39 is 60.4 Å². The fraction of sp³-hybridized carbons (Fsp3) is 0.839. The summed E-state index contributed by atoms with van der Waals surface area (Å²) in [6.07, 6.45) is 17.5. The summed E-state index contributed by atoms with van der Waals surface area (Å²) in [6, 6.07) is -1.93. The van der Waals surface area contributed by atoms with Crippen molar-refractivity contribution in [3.63, 3.8) is 0 Å². The van der Waals surface area contributed by atoms with Gasteiger partial charge in [0.05, 0.1) is 79.3 Å². The van der Waals surface area contributed by atoms with E-state index in [1.165, 1.54) is 38.5 Å². The molecule has 0 fully saturated rings. The van der Waals surface area contributed by atoms with Crippen LogP contribution in [0.2, 0.25) is 0 Å². The number of carbonyl (C=O) groups excluding carboxylic acids is 8. The molecule has 0 aliphatic carbocycles. The lowest BCUT2D eigenvalue weighted by atomic mass is 10.0. The number of amides is 6. The van der Waals surface area contributed by atoms with Crippen LogP contribution in [0.5, 0.6) is 0 Å². The maximum atomic E-state index is 13.0. The molecule has 0 spiro atoms. The number of carboxylic acids is 2. The van der Waals surface area contributed by atoms with E-state index in [0.29, 0.717) is 12.8 Å². The molecule has 2 atom stereocenters. The van der Waals surface area contributed by atoms with Gasteiger partial charge in [-0.1, -0.05) is 89.9 Å². The Morgan fingerprint density at radius 2 is 0.544 bits per heavy atom. The number of aliphatic carboxylic acids is 2. The largest absolute Gasteiger partial charge is 0.480 e. The molecule has 522 valence electrons. The molecule has 0 aromatic heterocycles. The molecule has 0 radical (unpaired) electrons. The fourth-order valence-corrected chi connectivity index (χ4v) is 8.23. The number of carboxylic acid groups (broad SMARTS) is 2. The average molecular weight is 1290 g/mol. The average Bonchev–Trinajstić information content (AvgIpc) is 3.68. The van der Waals surface area contributed by atoms with E-state index in [0.717, 1.165) is 51.4 Å². The first kappa shape index (κ1) is 84.4. The van der Waals surface area contributed by atoms with Crippen LogP contribution in [0.3, 0.4) is 0 Å². The quantitative estimate of drug-likeness (QED) is 0.0315. The molecule has 0 bridgehead atoms. The monoisotopic (exact) mass is 1290 g/mol. The Hall–Kier alpha value is -5.62. The number of unbranched alkanes of at least 4 members (excludes halogenated alkanes) is 15. The normalized spacial score (nSPS) is 12.1. The van der Waals surface area contributed by atoms with Crippen LogP contribution < -0.4 is 31.9 Å². The molecular weight excluding hydrogens is 1180 g/mol. The van der Waals surface area contributed by atoms with Gasteiger partial charge in [-0.3, -0.25) is 28.8 Å². The maximum Gasteiger partial charge on any atom is 0.329 e. The standard InChI is InChI=1S/C62H112N6O22/c1-61(2,3)89-59(79)49(25-27-51(69)63-29-33-81-37-41-85-45-55(73)65-31-35-83-39-43-87-47-57(75)76)67-53(71)23-21-19-17-15-13-11-9-7-8-10-12-14-16-18-20-22-24-54(72)68-50(60(80)90-62(4,5)6)26-28-52(70)64-30-34-82-38-42-86-46-56(74)66-32-36-84-40-44-88-48-58(77)78/h49-50H,7-48H2,1-6H3,(H,63,69)(H,64,70)(H,65,73)(H,66,74)(H,67,71)(H,68,72)(H,75,76)(H,77,78)/t49-,50-/m0/s1. The lowest BCUT2D eigenvalue weighted by Crippen LogP contribution is -2.44. The minimum Gasteiger partial charge on any atom is -0.480 e. The molecule has 90 heavy (non-hydrogen) atoms. The van der Waals surface area contributed by atoms with Crippen LogP contribution in [0.1, 0.15) is 183 Å². The zero-order valence-corrected chi connectivity index (χ0v) is 54.9. The molecule has 0 rings (SSSR count). The van der Waals surface area contributed by atoms with Crippen molar-refractivity contribution < 1.29 is 106 Å². The Morgan fingerprint density at radius 3 is 0.811 bits per heavy atom. The first-order valence-corrected chi connectivity index (χ1v) is 32.1. The first-order valence-electron chi connectivity index (χ1n) is 32.1. The molecule has 28 nitrogen and oxygen atoms in total. The highest BCUT2D eigenvalue weighted by atomic mass is 16.6. The minimum absolute atomic E-state index is 0.00965. The second-order valence-corrected chi connectivity index (χ2v) is 23.4. The number of nitrogens with one attached hydrogen (secondary N) is 6. The van der Waals surface area contributed by atoms with E-state index in [9.17, 15) is 47.9 Å². The Balaban J connectivity index is 4.12. The number of hydrogen-bond donors (Lipinski definition) is 8. The summed E-state index contributed by atoms with van der Waals surface area (Å²) in [7, 11) is 0. The van der Waals surface area contributed by atoms with Crippen LogP contribution in [0, 0.1) is 0 Å². The summed E-state index contributed by atoms with van der Waals surface area (Å²) in [4.78, 5) is 121. The van der Waals surface area contributed by atoms with Gasteiger partial charge in [0.1, 0.15) is 49.7 Å². The van der Waals surface area contributed by atoms with E-state index in [-0.39, 0.29) is 193 Å². The van der Waals surface area contributed by atoms with Gasteiger partial charge in [-0.25, -0.2) is 19.2 Å². The number of esters is 2. The second kappa shape index (κ2) is 56.2. The van der Waals surface area contributed by atoms with Crippen LogP contribution in [0.15, 0.2) is 0 Å². The van der Waals surface area contributed by atoms with E-state index in [2.05, 4.69) is 31.9 Å². The molecule has 0 saturated carbocycles. The van der Waals surface area contributed by atoms with E-state index in [1.807, 2.05) is 0 Å². The Bertz CT molecular complexity index is 1830. The molecule has 0 aliphatic heterocycles. The van der Waals surface area contributed by atoms with Crippen molar-refractivity contribution in [2.45, 2.75) is 206 Å². The second-order valence-electron chi connectivity index (χ2n) is 23.4. The molecule has 8 N–H and O–H groups in total. The zero-order chi connectivity index (χ0) is 66.9. The van der Waals surface area contributed by atoms with Crippen molar-refractivity contribution in [1.82, 2.24) is 31.9 Å². The van der Waals surface area contributed by atoms with Gasteiger partial charge in [0.25, 0.3) is 0 Å². The molecule has 0 unspecified atom stereocenters. The lowest BCUT2D eigenvalue weighted by Gasteiger charge is -2.24. The van der Waals surface area contributed by atoms with E-state index in [4.69, 9.17) is 57.6 Å². The predicted octanol–water partition coefficient (Wildman–Crippen LogP) is 3.99. The molecule has 0 aromatic rings. The van der Waals surface area contributed by atoms with Crippen LogP contribution in [0.4, 0.5) is 0 Å². The van der Waals surface area contributed by atoms with Crippen molar-refractivity contribution in [1.29, 1.82) is 0 Å². The third-order valence-corrected chi connectivity index (χ3v) is 12.6. The Labute approximate surface area is 533 Å². The van der Waals surface area contributed by atoms with Gasteiger partial charge in [0.2, 0.25) is 35.4 Å². The van der Waals surface area contributed by atoms with Crippen molar-refractivity contribution in [3.8, 4) is 0 Å².